The molecule has 0 aliphatic heterocycles. The highest BCUT2D eigenvalue weighted by Gasteiger charge is 2.27. The summed E-state index contributed by atoms with van der Waals surface area (Å²) < 4.78 is 25.8. The molecule has 0 fully saturated rings. The third-order valence-electron chi connectivity index (χ3n) is 3.51. The SMILES string of the molecule is CCc1cc(Br)cc(S(=O)(=O)Cc2cc(Cl)cc([N+](=O)[O-])c2O)c1O. The van der Waals surface area contributed by atoms with Crippen molar-refractivity contribution in [2.75, 3.05) is 0 Å². The number of nitro benzene ring substituents is 1. The van der Waals surface area contributed by atoms with E-state index in [2.05, 4.69) is 15.9 Å². The van der Waals surface area contributed by atoms with Gasteiger partial charge >= 0.3 is 5.69 Å². The van der Waals surface area contributed by atoms with Crippen molar-refractivity contribution < 1.29 is 23.6 Å². The number of nitrogens with zero attached hydrogens (tertiary/aromatic N) is 1. The second-order valence-corrected chi connectivity index (χ2v) is 8.52. The summed E-state index contributed by atoms with van der Waals surface area (Å²) in [5, 5.41) is 31.0. The molecule has 2 N–H and O–H groups in total. The Bertz CT molecular complexity index is 961. The third kappa shape index (κ3) is 4.05. The van der Waals surface area contributed by atoms with E-state index in [1.807, 2.05) is 0 Å². The predicted octanol–water partition coefficient (Wildman–Crippen LogP) is 3.96. The number of rotatable bonds is 5. The molecule has 0 aliphatic carbocycles. The van der Waals surface area contributed by atoms with Crippen LogP contribution in [-0.2, 0) is 22.0 Å². The first-order valence-electron chi connectivity index (χ1n) is 6.96. The van der Waals surface area contributed by atoms with Crippen LogP contribution in [0.25, 0.3) is 0 Å². The highest BCUT2D eigenvalue weighted by atomic mass is 79.9. The molecule has 0 bridgehead atoms. The molecule has 0 aromatic heterocycles. The van der Waals surface area contributed by atoms with Gasteiger partial charge in [0.2, 0.25) is 0 Å². The minimum absolute atomic E-state index is 0.0811. The van der Waals surface area contributed by atoms with Crippen LogP contribution in [0.2, 0.25) is 5.02 Å². The summed E-state index contributed by atoms with van der Waals surface area (Å²) in [6.45, 7) is 1.75. The minimum atomic E-state index is -4.10. The molecule has 2 aromatic carbocycles. The summed E-state index contributed by atoms with van der Waals surface area (Å²) in [5.74, 6) is -1.92. The van der Waals surface area contributed by atoms with Crippen LogP contribution in [0.4, 0.5) is 5.69 Å². The molecule has 0 unspecified atom stereocenters. The number of benzene rings is 2. The monoisotopic (exact) mass is 449 g/mol. The van der Waals surface area contributed by atoms with Crippen molar-refractivity contribution in [3.05, 3.63) is 55.0 Å². The number of aryl methyl sites for hydroxylation is 1. The van der Waals surface area contributed by atoms with Crippen molar-refractivity contribution in [2.45, 2.75) is 24.0 Å². The van der Waals surface area contributed by atoms with E-state index >= 15 is 0 Å². The molecule has 0 saturated carbocycles. The molecule has 0 heterocycles. The van der Waals surface area contributed by atoms with Crippen molar-refractivity contribution in [1.82, 2.24) is 0 Å². The van der Waals surface area contributed by atoms with Gasteiger partial charge in [-0.05, 0) is 30.2 Å². The van der Waals surface area contributed by atoms with Crippen molar-refractivity contribution >= 4 is 43.1 Å². The molecular formula is C15H13BrClNO6S. The number of aromatic hydroxyl groups is 2. The molecule has 0 saturated heterocycles. The van der Waals surface area contributed by atoms with Crippen LogP contribution in [0.5, 0.6) is 11.5 Å². The highest BCUT2D eigenvalue weighted by molar-refractivity contribution is 9.10. The molecular weight excluding hydrogens is 438 g/mol. The summed E-state index contributed by atoms with van der Waals surface area (Å²) in [4.78, 5) is 9.74. The van der Waals surface area contributed by atoms with Crippen LogP contribution in [0.3, 0.4) is 0 Å². The Morgan fingerprint density at radius 3 is 2.36 bits per heavy atom. The maximum Gasteiger partial charge on any atom is 0.312 e. The first-order chi connectivity index (χ1) is 11.6. The third-order valence-corrected chi connectivity index (χ3v) is 5.86. The van der Waals surface area contributed by atoms with Crippen molar-refractivity contribution in [1.29, 1.82) is 0 Å². The van der Waals surface area contributed by atoms with Crippen molar-refractivity contribution in [3.63, 3.8) is 0 Å². The standard InChI is InChI=1S/C15H13BrClNO6S/c1-2-8-3-10(16)5-13(15(8)20)25(23,24)7-9-4-11(17)6-12(14(9)19)18(21)22/h3-6,19-20H,2,7H2,1H3. The molecule has 0 radical (unpaired) electrons. The van der Waals surface area contributed by atoms with Crippen molar-refractivity contribution in [2.24, 2.45) is 0 Å². The lowest BCUT2D eigenvalue weighted by atomic mass is 10.1. The van der Waals surface area contributed by atoms with E-state index in [-0.39, 0.29) is 21.2 Å². The smallest absolute Gasteiger partial charge is 0.312 e. The molecule has 0 atom stereocenters. The molecule has 25 heavy (non-hydrogen) atoms. The van der Waals surface area contributed by atoms with Gasteiger partial charge in [0.25, 0.3) is 0 Å². The molecule has 10 heteroatoms. The second-order valence-electron chi connectivity index (χ2n) is 5.21. The lowest BCUT2D eigenvalue weighted by Crippen LogP contribution is -2.07. The lowest BCUT2D eigenvalue weighted by Gasteiger charge is -2.12. The fourth-order valence-corrected chi connectivity index (χ4v) is 4.72. The van der Waals surface area contributed by atoms with Crippen LogP contribution in [0, 0.1) is 10.1 Å². The Hall–Kier alpha value is -1.84. The van der Waals surface area contributed by atoms with Gasteiger partial charge in [0.1, 0.15) is 10.6 Å². The van der Waals surface area contributed by atoms with Crippen LogP contribution in [-0.4, -0.2) is 23.6 Å². The van der Waals surface area contributed by atoms with E-state index in [0.717, 1.165) is 12.1 Å². The maximum atomic E-state index is 12.7. The number of hydrogen-bond donors (Lipinski definition) is 2. The van der Waals surface area contributed by atoms with Crippen LogP contribution in [0.1, 0.15) is 18.1 Å². The summed E-state index contributed by atoms with van der Waals surface area (Å²) in [6.07, 6.45) is 0.404. The molecule has 0 aliphatic rings. The normalized spacial score (nSPS) is 11.5. The molecule has 0 amide bonds. The van der Waals surface area contributed by atoms with Gasteiger partial charge in [-0.1, -0.05) is 34.5 Å². The molecule has 2 aromatic rings. The van der Waals surface area contributed by atoms with Gasteiger partial charge in [0.05, 0.1) is 10.7 Å². The zero-order valence-corrected chi connectivity index (χ0v) is 16.0. The summed E-state index contributed by atoms with van der Waals surface area (Å²) in [5.41, 5.74) is -0.490. The number of nitro groups is 1. The summed E-state index contributed by atoms with van der Waals surface area (Å²) >= 11 is 8.97. The number of sulfone groups is 1. The van der Waals surface area contributed by atoms with Crippen LogP contribution < -0.4 is 0 Å². The Balaban J connectivity index is 2.58. The fraction of sp³-hybridized carbons (Fsp3) is 0.200. The van der Waals surface area contributed by atoms with Gasteiger partial charge in [-0.2, -0.15) is 0 Å². The van der Waals surface area contributed by atoms with Crippen LogP contribution >= 0.6 is 27.5 Å². The van der Waals surface area contributed by atoms with Gasteiger partial charge in [0, 0.05) is 21.1 Å². The number of hydrogen-bond acceptors (Lipinski definition) is 6. The van der Waals surface area contributed by atoms with Gasteiger partial charge in [-0.25, -0.2) is 8.42 Å². The Morgan fingerprint density at radius 2 is 1.80 bits per heavy atom. The minimum Gasteiger partial charge on any atom is -0.506 e. The number of phenolic OH excluding ortho intramolecular Hbond substituents is 2. The topological polar surface area (TPSA) is 118 Å². The van der Waals surface area contributed by atoms with E-state index in [1.54, 1.807) is 13.0 Å². The predicted molar refractivity (Wildman–Crippen MR) is 95.8 cm³/mol. The Labute approximate surface area is 157 Å². The van der Waals surface area contributed by atoms with E-state index in [1.165, 1.54) is 6.07 Å². The zero-order chi connectivity index (χ0) is 18.9. The average molecular weight is 451 g/mol. The van der Waals surface area contributed by atoms with Gasteiger partial charge in [0.15, 0.2) is 15.6 Å². The molecule has 134 valence electrons. The maximum absolute atomic E-state index is 12.7. The second kappa shape index (κ2) is 7.19. The van der Waals surface area contributed by atoms with Crippen molar-refractivity contribution in [3.8, 4) is 11.5 Å². The molecule has 2 rings (SSSR count). The van der Waals surface area contributed by atoms with Gasteiger partial charge in [-0.3, -0.25) is 10.1 Å². The zero-order valence-electron chi connectivity index (χ0n) is 12.9. The van der Waals surface area contributed by atoms with E-state index in [9.17, 15) is 28.7 Å². The number of phenols is 2. The number of halogens is 2. The van der Waals surface area contributed by atoms with Gasteiger partial charge in [-0.15, -0.1) is 0 Å². The summed E-state index contributed by atoms with van der Waals surface area (Å²) in [6, 6.07) is 4.89. The van der Waals surface area contributed by atoms with Crippen LogP contribution in [0.15, 0.2) is 33.6 Å². The molecule has 0 spiro atoms. The highest BCUT2D eigenvalue weighted by Crippen LogP contribution is 2.38. The van der Waals surface area contributed by atoms with E-state index in [0.29, 0.717) is 16.5 Å². The largest absolute Gasteiger partial charge is 0.506 e. The molecule has 7 nitrogen and oxygen atoms in total. The summed E-state index contributed by atoms with van der Waals surface area (Å²) in [7, 11) is -4.10. The Kier molecular flexibility index (Phi) is 5.60. The lowest BCUT2D eigenvalue weighted by molar-refractivity contribution is -0.385. The first kappa shape index (κ1) is 19.5. The quantitative estimate of drug-likeness (QED) is 0.526. The van der Waals surface area contributed by atoms with Gasteiger partial charge < -0.3 is 10.2 Å². The van der Waals surface area contributed by atoms with E-state index < -0.39 is 32.0 Å². The van der Waals surface area contributed by atoms with E-state index in [4.69, 9.17) is 11.6 Å². The first-order valence-corrected chi connectivity index (χ1v) is 9.79. The average Bonchev–Trinajstić information content (AvgIpc) is 2.51. The Morgan fingerprint density at radius 1 is 1.16 bits per heavy atom. The fourth-order valence-electron chi connectivity index (χ4n) is 2.31.